The number of carbonyl (C=O) groups excluding carboxylic acids is 1. The van der Waals surface area contributed by atoms with Crippen LogP contribution < -0.4 is 17.0 Å². The van der Waals surface area contributed by atoms with Gasteiger partial charge in [0.1, 0.15) is 0 Å². The van der Waals surface area contributed by atoms with Gasteiger partial charge in [-0.05, 0) is 30.7 Å². The highest BCUT2D eigenvalue weighted by atomic mass is 32.2. The van der Waals surface area contributed by atoms with E-state index in [0.717, 1.165) is 16.1 Å². The van der Waals surface area contributed by atoms with Gasteiger partial charge in [0.15, 0.2) is 0 Å². The van der Waals surface area contributed by atoms with Gasteiger partial charge in [0.05, 0.1) is 0 Å². The number of benzene rings is 1. The average molecular weight is 239 g/mol. The summed E-state index contributed by atoms with van der Waals surface area (Å²) in [5, 5.41) is 0.186. The number of nitrogen functional groups attached to an aromatic ring is 1. The van der Waals surface area contributed by atoms with Gasteiger partial charge in [-0.3, -0.25) is 10.2 Å². The number of nitrogens with two attached hydrogens (primary N) is 2. The summed E-state index contributed by atoms with van der Waals surface area (Å²) in [6, 6.07) is 5.77. The molecule has 0 aromatic heterocycles. The fourth-order valence-electron chi connectivity index (χ4n) is 1.38. The molecule has 1 aromatic carbocycles. The fourth-order valence-corrected chi connectivity index (χ4v) is 2.44. The Bertz CT molecular complexity index is 381. The van der Waals surface area contributed by atoms with E-state index in [2.05, 4.69) is 5.43 Å². The molecule has 5 heteroatoms. The number of aryl methyl sites for hydroxylation is 1. The van der Waals surface area contributed by atoms with Crippen molar-refractivity contribution in [1.29, 1.82) is 0 Å². The Morgan fingerprint density at radius 2 is 2.25 bits per heavy atom. The molecule has 0 aliphatic carbocycles. The Kier molecular flexibility index (Phi) is 4.64. The van der Waals surface area contributed by atoms with Gasteiger partial charge < -0.3 is 5.73 Å². The molecule has 0 spiro atoms. The van der Waals surface area contributed by atoms with Crippen LogP contribution in [0.4, 0.5) is 5.69 Å². The Morgan fingerprint density at radius 1 is 1.56 bits per heavy atom. The standard InChI is InChI=1S/C11H17N3OS/c1-7-5-9(12)3-4-10(7)16-8(2)6-11(15)14-13/h3-5,8H,6,12-13H2,1-2H3,(H,14,15). The van der Waals surface area contributed by atoms with Crippen LogP contribution in [0.25, 0.3) is 0 Å². The van der Waals surface area contributed by atoms with Crippen molar-refractivity contribution in [3.8, 4) is 0 Å². The zero-order chi connectivity index (χ0) is 12.1. The summed E-state index contributed by atoms with van der Waals surface area (Å²) in [4.78, 5) is 12.2. The zero-order valence-corrected chi connectivity index (χ0v) is 10.3. The summed E-state index contributed by atoms with van der Waals surface area (Å²) < 4.78 is 0. The van der Waals surface area contributed by atoms with Crippen molar-refractivity contribution in [1.82, 2.24) is 5.43 Å². The lowest BCUT2D eigenvalue weighted by Gasteiger charge is -2.12. The second kappa shape index (κ2) is 5.77. The molecule has 0 heterocycles. The Labute approximate surface area is 99.7 Å². The topological polar surface area (TPSA) is 81.1 Å². The van der Waals surface area contributed by atoms with E-state index in [1.54, 1.807) is 11.8 Å². The molecule has 0 aliphatic heterocycles. The highest BCUT2D eigenvalue weighted by molar-refractivity contribution is 8.00. The first kappa shape index (κ1) is 12.9. The summed E-state index contributed by atoms with van der Waals surface area (Å²) in [7, 11) is 0. The molecule has 0 radical (unpaired) electrons. The van der Waals surface area contributed by atoms with E-state index in [0.29, 0.717) is 6.42 Å². The number of rotatable bonds is 4. The van der Waals surface area contributed by atoms with Crippen molar-refractivity contribution >= 4 is 23.4 Å². The van der Waals surface area contributed by atoms with Crippen LogP contribution in [0, 0.1) is 6.92 Å². The van der Waals surface area contributed by atoms with Crippen molar-refractivity contribution < 1.29 is 4.79 Å². The maximum Gasteiger partial charge on any atom is 0.234 e. The number of hydrazine groups is 1. The third-order valence-corrected chi connectivity index (χ3v) is 3.44. The lowest BCUT2D eigenvalue weighted by atomic mass is 10.2. The molecular formula is C11H17N3OS. The first-order valence-electron chi connectivity index (χ1n) is 5.05. The summed E-state index contributed by atoms with van der Waals surface area (Å²) in [6.07, 6.45) is 0.408. The molecule has 0 saturated carbocycles. The summed E-state index contributed by atoms with van der Waals surface area (Å²) >= 11 is 1.65. The van der Waals surface area contributed by atoms with Crippen molar-refractivity contribution in [2.75, 3.05) is 5.73 Å². The maximum absolute atomic E-state index is 11.1. The minimum Gasteiger partial charge on any atom is -0.399 e. The van der Waals surface area contributed by atoms with Crippen LogP contribution in [0.1, 0.15) is 18.9 Å². The van der Waals surface area contributed by atoms with Gasteiger partial charge in [0, 0.05) is 22.3 Å². The number of thioether (sulfide) groups is 1. The fraction of sp³-hybridized carbons (Fsp3) is 0.364. The van der Waals surface area contributed by atoms with Crippen molar-refractivity contribution in [2.45, 2.75) is 30.4 Å². The number of amides is 1. The van der Waals surface area contributed by atoms with E-state index >= 15 is 0 Å². The van der Waals surface area contributed by atoms with E-state index in [4.69, 9.17) is 11.6 Å². The molecule has 0 saturated heterocycles. The first-order chi connectivity index (χ1) is 7.52. The molecule has 0 fully saturated rings. The molecule has 0 bridgehead atoms. The number of nitrogens with one attached hydrogen (secondary N) is 1. The monoisotopic (exact) mass is 239 g/mol. The van der Waals surface area contributed by atoms with Crippen molar-refractivity contribution in [3.63, 3.8) is 0 Å². The molecule has 1 rings (SSSR count). The van der Waals surface area contributed by atoms with Gasteiger partial charge in [-0.2, -0.15) is 0 Å². The molecule has 0 aliphatic rings. The molecule has 16 heavy (non-hydrogen) atoms. The number of hydrogen-bond acceptors (Lipinski definition) is 4. The summed E-state index contributed by atoms with van der Waals surface area (Å²) in [5.41, 5.74) is 9.69. The molecule has 1 unspecified atom stereocenters. The average Bonchev–Trinajstić information content (AvgIpc) is 2.22. The summed E-state index contributed by atoms with van der Waals surface area (Å²) in [6.45, 7) is 4.00. The van der Waals surface area contributed by atoms with Gasteiger partial charge in [0.2, 0.25) is 5.91 Å². The van der Waals surface area contributed by atoms with Crippen LogP contribution in [0.2, 0.25) is 0 Å². The zero-order valence-electron chi connectivity index (χ0n) is 9.49. The van der Waals surface area contributed by atoms with Crippen LogP contribution in [0.15, 0.2) is 23.1 Å². The van der Waals surface area contributed by atoms with E-state index < -0.39 is 0 Å². The smallest absolute Gasteiger partial charge is 0.234 e. The van der Waals surface area contributed by atoms with Crippen LogP contribution in [-0.4, -0.2) is 11.2 Å². The Morgan fingerprint density at radius 3 is 2.81 bits per heavy atom. The van der Waals surface area contributed by atoms with Gasteiger partial charge in [-0.15, -0.1) is 11.8 Å². The van der Waals surface area contributed by atoms with Crippen LogP contribution in [0.3, 0.4) is 0 Å². The number of carbonyl (C=O) groups is 1. The quantitative estimate of drug-likeness (QED) is 0.244. The number of anilines is 1. The molecule has 4 nitrogen and oxygen atoms in total. The molecule has 5 N–H and O–H groups in total. The first-order valence-corrected chi connectivity index (χ1v) is 5.93. The maximum atomic E-state index is 11.1. The van der Waals surface area contributed by atoms with E-state index in [-0.39, 0.29) is 11.2 Å². The second-order valence-electron chi connectivity index (χ2n) is 3.73. The normalized spacial score (nSPS) is 12.2. The minimum absolute atomic E-state index is 0.145. The van der Waals surface area contributed by atoms with E-state index in [9.17, 15) is 4.79 Å². The molecular weight excluding hydrogens is 222 g/mol. The van der Waals surface area contributed by atoms with Crippen LogP contribution >= 0.6 is 11.8 Å². The van der Waals surface area contributed by atoms with Crippen molar-refractivity contribution in [3.05, 3.63) is 23.8 Å². The predicted octanol–water partition coefficient (Wildman–Crippen LogP) is 1.44. The molecule has 1 atom stereocenters. The van der Waals surface area contributed by atoms with E-state index in [1.807, 2.05) is 32.0 Å². The SMILES string of the molecule is Cc1cc(N)ccc1SC(C)CC(=O)NN. The van der Waals surface area contributed by atoms with Crippen LogP contribution in [0.5, 0.6) is 0 Å². The minimum atomic E-state index is -0.145. The van der Waals surface area contributed by atoms with Gasteiger partial charge in [0.25, 0.3) is 0 Å². The van der Waals surface area contributed by atoms with Crippen LogP contribution in [-0.2, 0) is 4.79 Å². The third-order valence-electron chi connectivity index (χ3n) is 2.16. The third kappa shape index (κ3) is 3.75. The molecule has 1 amide bonds. The molecule has 1 aromatic rings. The lowest BCUT2D eigenvalue weighted by Crippen LogP contribution is -2.31. The van der Waals surface area contributed by atoms with E-state index in [1.165, 1.54) is 0 Å². The lowest BCUT2D eigenvalue weighted by molar-refractivity contribution is -0.121. The molecule has 88 valence electrons. The van der Waals surface area contributed by atoms with Gasteiger partial charge >= 0.3 is 0 Å². The second-order valence-corrected chi connectivity index (χ2v) is 5.21. The predicted molar refractivity (Wildman–Crippen MR) is 67.9 cm³/mol. The largest absolute Gasteiger partial charge is 0.399 e. The number of hydrogen-bond donors (Lipinski definition) is 3. The van der Waals surface area contributed by atoms with Gasteiger partial charge in [-0.25, -0.2) is 5.84 Å². The highest BCUT2D eigenvalue weighted by Gasteiger charge is 2.10. The summed E-state index contributed by atoms with van der Waals surface area (Å²) in [5.74, 6) is 4.89. The van der Waals surface area contributed by atoms with Gasteiger partial charge in [-0.1, -0.05) is 6.92 Å². The van der Waals surface area contributed by atoms with Crippen molar-refractivity contribution in [2.24, 2.45) is 5.84 Å². The Balaban J connectivity index is 2.62. The highest BCUT2D eigenvalue weighted by Crippen LogP contribution is 2.29. The Hall–Kier alpha value is -1.20.